The van der Waals surface area contributed by atoms with Crippen LogP contribution in [0.4, 0.5) is 0 Å². The van der Waals surface area contributed by atoms with Gasteiger partial charge in [-0.15, -0.1) is 0 Å². The van der Waals surface area contributed by atoms with E-state index < -0.39 is 0 Å². The minimum absolute atomic E-state index is 0.250. The van der Waals surface area contributed by atoms with Crippen LogP contribution in [0.3, 0.4) is 0 Å². The van der Waals surface area contributed by atoms with Crippen LogP contribution >= 0.6 is 11.6 Å². The predicted octanol–water partition coefficient (Wildman–Crippen LogP) is 1.23. The normalized spacial score (nSPS) is 11.7. The number of hydrazone groups is 1. The van der Waals surface area contributed by atoms with E-state index in [1.54, 1.807) is 6.07 Å². The molecule has 0 aliphatic heterocycles. The minimum Gasteiger partial charge on any atom is -0.382 e. The third-order valence-corrected chi connectivity index (χ3v) is 1.85. The first-order valence-electron chi connectivity index (χ1n) is 3.45. The average molecular weight is 184 g/mol. The van der Waals surface area contributed by atoms with Gasteiger partial charge in [-0.05, 0) is 24.6 Å². The van der Waals surface area contributed by atoms with Crippen molar-refractivity contribution < 1.29 is 0 Å². The highest BCUT2D eigenvalue weighted by molar-refractivity contribution is 6.34. The summed E-state index contributed by atoms with van der Waals surface area (Å²) in [4.78, 5) is 0. The van der Waals surface area contributed by atoms with E-state index in [1.165, 1.54) is 0 Å². The van der Waals surface area contributed by atoms with E-state index in [0.29, 0.717) is 10.6 Å². The first kappa shape index (κ1) is 8.87. The second kappa shape index (κ2) is 3.45. The fourth-order valence-electron chi connectivity index (χ4n) is 0.897. The molecule has 0 spiro atoms. The second-order valence-electron chi connectivity index (χ2n) is 2.50. The molecule has 3 nitrogen and oxygen atoms in total. The maximum absolute atomic E-state index is 5.89. The molecule has 0 aromatic heterocycles. The van der Waals surface area contributed by atoms with Gasteiger partial charge in [0.1, 0.15) is 0 Å². The number of rotatable bonds is 1. The topological polar surface area (TPSA) is 64.4 Å². The first-order valence-corrected chi connectivity index (χ1v) is 3.83. The van der Waals surface area contributed by atoms with Crippen molar-refractivity contribution in [3.63, 3.8) is 0 Å². The van der Waals surface area contributed by atoms with Crippen LogP contribution in [-0.2, 0) is 0 Å². The Balaban J connectivity index is 3.18. The van der Waals surface area contributed by atoms with Gasteiger partial charge in [-0.3, -0.25) is 0 Å². The molecule has 4 N–H and O–H groups in total. The highest BCUT2D eigenvalue weighted by Gasteiger charge is 2.03. The van der Waals surface area contributed by atoms with E-state index in [4.69, 9.17) is 23.2 Å². The smallest absolute Gasteiger partial charge is 0.151 e. The predicted molar refractivity (Wildman–Crippen MR) is 51.1 cm³/mol. The van der Waals surface area contributed by atoms with Crippen molar-refractivity contribution in [2.75, 3.05) is 0 Å². The van der Waals surface area contributed by atoms with Gasteiger partial charge >= 0.3 is 0 Å². The molecule has 0 radical (unpaired) electrons. The average Bonchev–Trinajstić information content (AvgIpc) is 2.03. The molecule has 0 saturated carbocycles. The lowest BCUT2D eigenvalue weighted by atomic mass is 10.1. The van der Waals surface area contributed by atoms with Gasteiger partial charge in [-0.1, -0.05) is 17.7 Å². The Labute approximate surface area is 76.0 Å². The van der Waals surface area contributed by atoms with Crippen LogP contribution in [-0.4, -0.2) is 5.84 Å². The van der Waals surface area contributed by atoms with Crippen molar-refractivity contribution in [2.45, 2.75) is 6.92 Å². The summed E-state index contributed by atoms with van der Waals surface area (Å²) in [5, 5.41) is 3.93. The molecule has 12 heavy (non-hydrogen) atoms. The number of hydrogen-bond acceptors (Lipinski definition) is 2. The van der Waals surface area contributed by atoms with E-state index in [2.05, 4.69) is 5.10 Å². The number of nitrogens with zero attached hydrogens (tertiary/aromatic N) is 1. The third-order valence-electron chi connectivity index (χ3n) is 1.54. The molecule has 0 aliphatic carbocycles. The van der Waals surface area contributed by atoms with Crippen LogP contribution in [0.2, 0.25) is 5.02 Å². The number of halogens is 1. The van der Waals surface area contributed by atoms with Crippen molar-refractivity contribution in [3.8, 4) is 0 Å². The fourth-order valence-corrected chi connectivity index (χ4v) is 1.23. The Kier molecular flexibility index (Phi) is 2.55. The van der Waals surface area contributed by atoms with E-state index >= 15 is 0 Å². The SMILES string of the molecule is Cc1ccc(/C(N)=N/N)c(Cl)c1. The van der Waals surface area contributed by atoms with Gasteiger partial charge in [-0.2, -0.15) is 5.10 Å². The number of amidine groups is 1. The summed E-state index contributed by atoms with van der Waals surface area (Å²) in [5.74, 6) is 5.27. The van der Waals surface area contributed by atoms with Gasteiger partial charge in [0.05, 0.1) is 5.02 Å². The summed E-state index contributed by atoms with van der Waals surface area (Å²) in [6.07, 6.45) is 0. The van der Waals surface area contributed by atoms with Crippen LogP contribution in [0.15, 0.2) is 23.3 Å². The van der Waals surface area contributed by atoms with E-state index in [1.807, 2.05) is 19.1 Å². The molecular weight excluding hydrogens is 174 g/mol. The molecule has 0 unspecified atom stereocenters. The summed E-state index contributed by atoms with van der Waals surface area (Å²) in [5.41, 5.74) is 7.23. The molecule has 0 atom stereocenters. The molecule has 64 valence electrons. The molecule has 0 saturated heterocycles. The standard InChI is InChI=1S/C8H10ClN3/c1-5-2-3-6(7(9)4-5)8(10)12-11/h2-4H,11H2,1H3,(H2,10,12). The molecular formula is C8H10ClN3. The molecule has 0 amide bonds. The van der Waals surface area contributed by atoms with Gasteiger partial charge in [0, 0.05) is 5.56 Å². The van der Waals surface area contributed by atoms with Crippen molar-refractivity contribution in [3.05, 3.63) is 34.3 Å². The van der Waals surface area contributed by atoms with Crippen molar-refractivity contribution in [1.82, 2.24) is 0 Å². The fraction of sp³-hybridized carbons (Fsp3) is 0.125. The molecule has 0 fully saturated rings. The monoisotopic (exact) mass is 183 g/mol. The second-order valence-corrected chi connectivity index (χ2v) is 2.90. The lowest BCUT2D eigenvalue weighted by Crippen LogP contribution is -2.15. The van der Waals surface area contributed by atoms with Gasteiger partial charge in [-0.25, -0.2) is 0 Å². The Morgan fingerprint density at radius 2 is 2.17 bits per heavy atom. The molecule has 4 heteroatoms. The Bertz CT molecular complexity index is 320. The Morgan fingerprint density at radius 1 is 1.50 bits per heavy atom. The van der Waals surface area contributed by atoms with Gasteiger partial charge in [0.2, 0.25) is 0 Å². The third kappa shape index (κ3) is 1.68. The Hall–Kier alpha value is -1.22. The summed E-state index contributed by atoms with van der Waals surface area (Å²) in [6, 6.07) is 5.51. The number of aryl methyl sites for hydroxylation is 1. The van der Waals surface area contributed by atoms with Crippen LogP contribution in [0, 0.1) is 6.92 Å². The number of nitrogens with two attached hydrogens (primary N) is 2. The van der Waals surface area contributed by atoms with E-state index in [9.17, 15) is 0 Å². The largest absolute Gasteiger partial charge is 0.382 e. The summed E-state index contributed by atoms with van der Waals surface area (Å²) in [7, 11) is 0. The van der Waals surface area contributed by atoms with Crippen LogP contribution < -0.4 is 11.6 Å². The lowest BCUT2D eigenvalue weighted by molar-refractivity contribution is 1.23. The zero-order chi connectivity index (χ0) is 9.14. The summed E-state index contributed by atoms with van der Waals surface area (Å²) >= 11 is 5.89. The van der Waals surface area contributed by atoms with Crippen molar-refractivity contribution in [1.29, 1.82) is 0 Å². The molecule has 1 rings (SSSR count). The van der Waals surface area contributed by atoms with Gasteiger partial charge < -0.3 is 11.6 Å². The summed E-state index contributed by atoms with van der Waals surface area (Å²) in [6.45, 7) is 1.95. The molecule has 1 aromatic carbocycles. The highest BCUT2D eigenvalue weighted by Crippen LogP contribution is 2.16. The quantitative estimate of drug-likeness (QED) is 0.298. The maximum Gasteiger partial charge on any atom is 0.151 e. The van der Waals surface area contributed by atoms with Crippen molar-refractivity contribution >= 4 is 17.4 Å². The van der Waals surface area contributed by atoms with Crippen LogP contribution in [0.5, 0.6) is 0 Å². The number of hydrogen-bond donors (Lipinski definition) is 2. The molecule has 0 heterocycles. The molecule has 0 aliphatic rings. The van der Waals surface area contributed by atoms with Crippen molar-refractivity contribution in [2.24, 2.45) is 16.7 Å². The van der Waals surface area contributed by atoms with Crippen LogP contribution in [0.1, 0.15) is 11.1 Å². The van der Waals surface area contributed by atoms with Gasteiger partial charge in [0.15, 0.2) is 5.84 Å². The maximum atomic E-state index is 5.89. The lowest BCUT2D eigenvalue weighted by Gasteiger charge is -2.02. The number of benzene rings is 1. The Morgan fingerprint density at radius 3 is 2.67 bits per heavy atom. The molecule has 1 aromatic rings. The highest BCUT2D eigenvalue weighted by atomic mass is 35.5. The minimum atomic E-state index is 0.250. The summed E-state index contributed by atoms with van der Waals surface area (Å²) < 4.78 is 0. The zero-order valence-electron chi connectivity index (χ0n) is 6.71. The zero-order valence-corrected chi connectivity index (χ0v) is 7.47. The van der Waals surface area contributed by atoms with E-state index in [-0.39, 0.29) is 5.84 Å². The molecule has 0 bridgehead atoms. The van der Waals surface area contributed by atoms with E-state index in [0.717, 1.165) is 5.56 Å². The van der Waals surface area contributed by atoms with Crippen LogP contribution in [0.25, 0.3) is 0 Å². The van der Waals surface area contributed by atoms with Gasteiger partial charge in [0.25, 0.3) is 0 Å². The first-order chi connectivity index (χ1) is 5.65.